The fraction of sp³-hybridized carbons (Fsp3) is 0.611. The van der Waals surface area contributed by atoms with Crippen LogP contribution in [-0.2, 0) is 6.42 Å². The van der Waals surface area contributed by atoms with Crippen molar-refractivity contribution >= 4 is 5.91 Å². The molecule has 1 aliphatic heterocycles. The number of hydrogen-bond donors (Lipinski definition) is 1. The zero-order valence-electron chi connectivity index (χ0n) is 12.8. The molecule has 3 nitrogen and oxygen atoms in total. The largest absolute Gasteiger partial charge is 0.338 e. The van der Waals surface area contributed by atoms with Crippen LogP contribution in [-0.4, -0.2) is 30.4 Å². The number of likely N-dealkylation sites (tertiary alicyclic amines) is 1. The Hall–Kier alpha value is -1.35. The molecule has 2 aliphatic rings. The number of nitrogens with zero attached hydrogens (tertiary/aromatic N) is 1. The zero-order chi connectivity index (χ0) is 14.7. The molecule has 2 unspecified atom stereocenters. The Balaban J connectivity index is 1.68. The molecule has 2 N–H and O–H groups in total. The van der Waals surface area contributed by atoms with Crippen molar-refractivity contribution in [3.8, 4) is 0 Å². The number of rotatable bonds is 3. The molecule has 114 valence electrons. The Labute approximate surface area is 127 Å². The van der Waals surface area contributed by atoms with E-state index >= 15 is 0 Å². The maximum absolute atomic E-state index is 12.7. The number of nitrogens with two attached hydrogens (primary N) is 1. The third kappa shape index (κ3) is 3.29. The van der Waals surface area contributed by atoms with Crippen LogP contribution in [0, 0.1) is 11.8 Å². The van der Waals surface area contributed by atoms with E-state index in [1.165, 1.54) is 32.1 Å². The van der Waals surface area contributed by atoms with Gasteiger partial charge in [-0.15, -0.1) is 0 Å². The summed E-state index contributed by atoms with van der Waals surface area (Å²) in [5, 5.41) is 0. The third-order valence-electron chi connectivity index (χ3n) is 5.19. The van der Waals surface area contributed by atoms with Crippen LogP contribution < -0.4 is 5.73 Å². The lowest BCUT2D eigenvalue weighted by Gasteiger charge is -2.41. The van der Waals surface area contributed by atoms with Crippen LogP contribution in [0.4, 0.5) is 0 Å². The summed E-state index contributed by atoms with van der Waals surface area (Å²) in [4.78, 5) is 14.8. The van der Waals surface area contributed by atoms with E-state index in [-0.39, 0.29) is 5.91 Å². The predicted octanol–water partition coefficient (Wildman–Crippen LogP) is 2.84. The standard InChI is InChI=1S/C18H26N2O/c19-10-8-14-4-3-7-16(12-14)18(21)20-11-9-15-5-1-2-6-17(15)13-20/h3-4,7,12,15,17H,1-2,5-6,8-11,13,19H2. The third-order valence-corrected chi connectivity index (χ3v) is 5.19. The molecule has 1 aromatic carbocycles. The van der Waals surface area contributed by atoms with E-state index in [1.807, 2.05) is 18.2 Å². The molecule has 0 aromatic heterocycles. The molecule has 1 saturated carbocycles. The lowest BCUT2D eigenvalue weighted by atomic mass is 9.75. The molecule has 2 atom stereocenters. The summed E-state index contributed by atoms with van der Waals surface area (Å²) in [5.74, 6) is 1.81. The van der Waals surface area contributed by atoms with Gasteiger partial charge in [0, 0.05) is 18.7 Å². The van der Waals surface area contributed by atoms with Gasteiger partial charge in [-0.3, -0.25) is 4.79 Å². The molecular formula is C18H26N2O. The van der Waals surface area contributed by atoms with Gasteiger partial charge in [0.25, 0.3) is 5.91 Å². The summed E-state index contributed by atoms with van der Waals surface area (Å²) in [6.45, 7) is 2.52. The van der Waals surface area contributed by atoms with Crippen LogP contribution in [0.25, 0.3) is 0 Å². The SMILES string of the molecule is NCCc1cccc(C(=O)N2CCC3CCCCC3C2)c1. The van der Waals surface area contributed by atoms with Gasteiger partial charge in [-0.2, -0.15) is 0 Å². The molecule has 1 aromatic rings. The van der Waals surface area contributed by atoms with Gasteiger partial charge >= 0.3 is 0 Å². The van der Waals surface area contributed by atoms with Crippen LogP contribution in [0.5, 0.6) is 0 Å². The Morgan fingerprint density at radius 3 is 2.81 bits per heavy atom. The lowest BCUT2D eigenvalue weighted by molar-refractivity contribution is 0.0521. The molecule has 0 bridgehead atoms. The van der Waals surface area contributed by atoms with Crippen molar-refractivity contribution in [2.45, 2.75) is 38.5 Å². The number of fused-ring (bicyclic) bond motifs is 1. The average Bonchev–Trinajstić information content (AvgIpc) is 2.54. The summed E-state index contributed by atoms with van der Waals surface area (Å²) in [7, 11) is 0. The number of carbonyl (C=O) groups excluding carboxylic acids is 1. The first-order valence-electron chi connectivity index (χ1n) is 8.36. The van der Waals surface area contributed by atoms with Crippen LogP contribution in [0.1, 0.15) is 48.0 Å². The molecule has 1 amide bonds. The smallest absolute Gasteiger partial charge is 0.253 e. The molecule has 3 rings (SSSR count). The first-order valence-corrected chi connectivity index (χ1v) is 8.36. The summed E-state index contributed by atoms with van der Waals surface area (Å²) in [6, 6.07) is 7.99. The Morgan fingerprint density at radius 1 is 1.19 bits per heavy atom. The number of hydrogen-bond acceptors (Lipinski definition) is 2. The minimum absolute atomic E-state index is 0.206. The second kappa shape index (κ2) is 6.61. The van der Waals surface area contributed by atoms with Crippen LogP contribution in [0.15, 0.2) is 24.3 Å². The highest BCUT2D eigenvalue weighted by Crippen LogP contribution is 2.36. The number of benzene rings is 1. The fourth-order valence-corrected chi connectivity index (χ4v) is 3.99. The van der Waals surface area contributed by atoms with Gasteiger partial charge < -0.3 is 10.6 Å². The maximum atomic E-state index is 12.7. The first-order chi connectivity index (χ1) is 10.3. The van der Waals surface area contributed by atoms with Crippen molar-refractivity contribution in [3.05, 3.63) is 35.4 Å². The summed E-state index contributed by atoms with van der Waals surface area (Å²) in [6.07, 6.45) is 7.44. The molecule has 0 spiro atoms. The van der Waals surface area contributed by atoms with Gasteiger partial charge in [0.05, 0.1) is 0 Å². The Bertz CT molecular complexity index is 500. The number of carbonyl (C=O) groups is 1. The van der Waals surface area contributed by atoms with Crippen molar-refractivity contribution in [2.75, 3.05) is 19.6 Å². The Kier molecular flexibility index (Phi) is 4.59. The fourth-order valence-electron chi connectivity index (χ4n) is 3.99. The van der Waals surface area contributed by atoms with Crippen molar-refractivity contribution in [3.63, 3.8) is 0 Å². The molecule has 21 heavy (non-hydrogen) atoms. The van der Waals surface area contributed by atoms with E-state index in [2.05, 4.69) is 11.0 Å². The van der Waals surface area contributed by atoms with E-state index in [0.717, 1.165) is 42.5 Å². The van der Waals surface area contributed by atoms with Gasteiger partial charge in [0.1, 0.15) is 0 Å². The zero-order valence-corrected chi connectivity index (χ0v) is 12.8. The van der Waals surface area contributed by atoms with Gasteiger partial charge in [-0.05, 0) is 55.3 Å². The topological polar surface area (TPSA) is 46.3 Å². The summed E-state index contributed by atoms with van der Waals surface area (Å²) < 4.78 is 0. The normalized spacial score (nSPS) is 25.5. The van der Waals surface area contributed by atoms with E-state index in [0.29, 0.717) is 6.54 Å². The minimum Gasteiger partial charge on any atom is -0.338 e. The molecule has 1 heterocycles. The van der Waals surface area contributed by atoms with E-state index in [9.17, 15) is 4.79 Å². The van der Waals surface area contributed by atoms with Crippen molar-refractivity contribution < 1.29 is 4.79 Å². The molecule has 2 fully saturated rings. The molecule has 0 radical (unpaired) electrons. The van der Waals surface area contributed by atoms with E-state index in [4.69, 9.17) is 5.73 Å². The number of piperidine rings is 1. The molecule has 3 heteroatoms. The van der Waals surface area contributed by atoms with E-state index < -0.39 is 0 Å². The molecule has 1 saturated heterocycles. The van der Waals surface area contributed by atoms with E-state index in [1.54, 1.807) is 0 Å². The summed E-state index contributed by atoms with van der Waals surface area (Å²) in [5.41, 5.74) is 7.60. The van der Waals surface area contributed by atoms with Gasteiger partial charge in [-0.25, -0.2) is 0 Å². The quantitative estimate of drug-likeness (QED) is 0.928. The number of amides is 1. The van der Waals surface area contributed by atoms with Crippen LogP contribution in [0.2, 0.25) is 0 Å². The summed E-state index contributed by atoms with van der Waals surface area (Å²) >= 11 is 0. The van der Waals surface area contributed by atoms with Gasteiger partial charge in [-0.1, -0.05) is 31.4 Å². The molecule has 1 aliphatic carbocycles. The van der Waals surface area contributed by atoms with Crippen LogP contribution >= 0.6 is 0 Å². The first kappa shape index (κ1) is 14.6. The lowest BCUT2D eigenvalue weighted by Crippen LogP contribution is -2.44. The average molecular weight is 286 g/mol. The van der Waals surface area contributed by atoms with Gasteiger partial charge in [0.15, 0.2) is 0 Å². The van der Waals surface area contributed by atoms with Gasteiger partial charge in [0.2, 0.25) is 0 Å². The monoisotopic (exact) mass is 286 g/mol. The highest BCUT2D eigenvalue weighted by Gasteiger charge is 2.33. The van der Waals surface area contributed by atoms with Crippen molar-refractivity contribution in [2.24, 2.45) is 17.6 Å². The second-order valence-corrected chi connectivity index (χ2v) is 6.58. The minimum atomic E-state index is 0.206. The Morgan fingerprint density at radius 2 is 2.00 bits per heavy atom. The second-order valence-electron chi connectivity index (χ2n) is 6.58. The van der Waals surface area contributed by atoms with Crippen molar-refractivity contribution in [1.29, 1.82) is 0 Å². The maximum Gasteiger partial charge on any atom is 0.253 e. The van der Waals surface area contributed by atoms with Crippen molar-refractivity contribution in [1.82, 2.24) is 4.90 Å². The molecular weight excluding hydrogens is 260 g/mol. The highest BCUT2D eigenvalue weighted by atomic mass is 16.2. The van der Waals surface area contributed by atoms with Crippen LogP contribution in [0.3, 0.4) is 0 Å². The predicted molar refractivity (Wildman–Crippen MR) is 85.2 cm³/mol. The highest BCUT2D eigenvalue weighted by molar-refractivity contribution is 5.94.